The molecule has 8 heteroatoms. The van der Waals surface area contributed by atoms with Crippen molar-refractivity contribution >= 4 is 74.1 Å². The number of hydrogen-bond donors (Lipinski definition) is 0. The van der Waals surface area contributed by atoms with Crippen LogP contribution in [0.25, 0.3) is 16.8 Å². The summed E-state index contributed by atoms with van der Waals surface area (Å²) in [6, 6.07) is 28.0. The molecule has 192 valence electrons. The first-order valence-corrected chi connectivity index (χ1v) is 14.8. The molecule has 0 aliphatic carbocycles. The molecule has 2 amide bonds. The number of fused-ring (bicyclic) bond motifs is 1. The number of amides is 2. The topological polar surface area (TPSA) is 55.8 Å². The molecule has 1 aliphatic rings. The quantitative estimate of drug-likeness (QED) is 0.0794. The van der Waals surface area contributed by atoms with Gasteiger partial charge in [0.05, 0.1) is 25.2 Å². The SMILES string of the molecule is COc1cc(/C=C2\SC(=O)N(Cc3ccc(I)cc3)C2=O)ccc1OCCSc1cccc2ccccc12. The summed E-state index contributed by atoms with van der Waals surface area (Å²) in [6.45, 7) is 0.771. The average molecular weight is 654 g/mol. The number of benzene rings is 4. The van der Waals surface area contributed by atoms with Gasteiger partial charge in [0.25, 0.3) is 11.1 Å². The summed E-state index contributed by atoms with van der Waals surface area (Å²) in [4.78, 5) is 28.4. The number of hydrogen-bond acceptors (Lipinski definition) is 6. The molecule has 1 heterocycles. The number of nitrogens with zero attached hydrogens (tertiary/aromatic N) is 1. The largest absolute Gasteiger partial charge is 0.493 e. The second-order valence-corrected chi connectivity index (χ2v) is 11.9. The summed E-state index contributed by atoms with van der Waals surface area (Å²) in [5, 5.41) is 2.20. The minimum atomic E-state index is -0.289. The molecule has 1 saturated heterocycles. The lowest BCUT2D eigenvalue weighted by Crippen LogP contribution is -2.27. The number of carbonyl (C=O) groups is 2. The van der Waals surface area contributed by atoms with Crippen LogP contribution >= 0.6 is 46.1 Å². The first-order valence-electron chi connectivity index (χ1n) is 11.9. The van der Waals surface area contributed by atoms with Crippen molar-refractivity contribution in [1.29, 1.82) is 0 Å². The van der Waals surface area contributed by atoms with Gasteiger partial charge >= 0.3 is 0 Å². The first-order chi connectivity index (χ1) is 18.5. The molecule has 1 aliphatic heterocycles. The Morgan fingerprint density at radius 1 is 0.947 bits per heavy atom. The van der Waals surface area contributed by atoms with E-state index in [1.54, 1.807) is 24.9 Å². The van der Waals surface area contributed by atoms with Gasteiger partial charge in [0, 0.05) is 14.2 Å². The molecule has 0 radical (unpaired) electrons. The minimum absolute atomic E-state index is 0.256. The van der Waals surface area contributed by atoms with Crippen molar-refractivity contribution < 1.29 is 19.1 Å². The van der Waals surface area contributed by atoms with Gasteiger partial charge in [-0.2, -0.15) is 0 Å². The maximum absolute atomic E-state index is 12.9. The molecule has 4 aromatic carbocycles. The predicted molar refractivity (Wildman–Crippen MR) is 164 cm³/mol. The fourth-order valence-corrected chi connectivity index (χ4v) is 6.18. The Labute approximate surface area is 243 Å². The summed E-state index contributed by atoms with van der Waals surface area (Å²) < 4.78 is 12.7. The van der Waals surface area contributed by atoms with Crippen LogP contribution in [0, 0.1) is 3.57 Å². The molecule has 0 unspecified atom stereocenters. The summed E-state index contributed by atoms with van der Waals surface area (Å²) in [5.74, 6) is 1.71. The Morgan fingerprint density at radius 3 is 2.55 bits per heavy atom. The normalized spacial score (nSPS) is 14.5. The Balaban J connectivity index is 1.22. The Bertz CT molecular complexity index is 1520. The van der Waals surface area contributed by atoms with Crippen LogP contribution in [0.3, 0.4) is 0 Å². The second-order valence-electron chi connectivity index (χ2n) is 8.48. The van der Waals surface area contributed by atoms with E-state index in [0.717, 1.165) is 32.2 Å². The first kappa shape index (κ1) is 26.6. The Kier molecular flexibility index (Phi) is 8.61. The van der Waals surface area contributed by atoms with Gasteiger partial charge in [0.2, 0.25) is 0 Å². The molecule has 0 N–H and O–H groups in total. The smallest absolute Gasteiger partial charge is 0.293 e. The van der Waals surface area contributed by atoms with Gasteiger partial charge in [-0.05, 0) is 92.7 Å². The van der Waals surface area contributed by atoms with Crippen molar-refractivity contribution in [3.63, 3.8) is 0 Å². The van der Waals surface area contributed by atoms with E-state index in [4.69, 9.17) is 9.47 Å². The van der Waals surface area contributed by atoms with Gasteiger partial charge in [0.15, 0.2) is 11.5 Å². The van der Waals surface area contributed by atoms with Crippen LogP contribution in [-0.2, 0) is 11.3 Å². The zero-order valence-corrected chi connectivity index (χ0v) is 24.3. The predicted octanol–water partition coefficient (Wildman–Crippen LogP) is 7.86. The van der Waals surface area contributed by atoms with Crippen molar-refractivity contribution in [3.8, 4) is 11.5 Å². The van der Waals surface area contributed by atoms with E-state index in [0.29, 0.717) is 23.0 Å². The van der Waals surface area contributed by atoms with Gasteiger partial charge < -0.3 is 9.47 Å². The van der Waals surface area contributed by atoms with Gasteiger partial charge in [-0.25, -0.2) is 0 Å². The molecule has 0 saturated carbocycles. The lowest BCUT2D eigenvalue weighted by molar-refractivity contribution is -0.123. The highest BCUT2D eigenvalue weighted by Gasteiger charge is 2.35. The van der Waals surface area contributed by atoms with Crippen molar-refractivity contribution in [3.05, 3.63) is 105 Å². The average Bonchev–Trinajstić information content (AvgIpc) is 3.20. The second kappa shape index (κ2) is 12.3. The fourth-order valence-electron chi connectivity index (χ4n) is 4.08. The highest BCUT2D eigenvalue weighted by atomic mass is 127. The van der Waals surface area contributed by atoms with Gasteiger partial charge in [-0.1, -0.05) is 54.6 Å². The van der Waals surface area contributed by atoms with Crippen LogP contribution in [0.5, 0.6) is 11.5 Å². The minimum Gasteiger partial charge on any atom is -0.493 e. The summed E-state index contributed by atoms with van der Waals surface area (Å²) >= 11 is 4.94. The zero-order valence-electron chi connectivity index (χ0n) is 20.6. The van der Waals surface area contributed by atoms with Gasteiger partial charge in [-0.15, -0.1) is 11.8 Å². The maximum atomic E-state index is 12.9. The molecule has 0 bridgehead atoms. The number of imide groups is 1. The van der Waals surface area contributed by atoms with Crippen molar-refractivity contribution in [2.75, 3.05) is 19.5 Å². The third-order valence-electron chi connectivity index (χ3n) is 5.96. The van der Waals surface area contributed by atoms with Crippen LogP contribution in [-0.4, -0.2) is 35.5 Å². The number of carbonyl (C=O) groups excluding carboxylic acids is 2. The number of methoxy groups -OCH3 is 1. The molecule has 38 heavy (non-hydrogen) atoms. The lowest BCUT2D eigenvalue weighted by Gasteiger charge is -2.13. The van der Waals surface area contributed by atoms with E-state index in [9.17, 15) is 9.59 Å². The number of ether oxygens (including phenoxy) is 2. The van der Waals surface area contributed by atoms with Crippen molar-refractivity contribution in [2.45, 2.75) is 11.4 Å². The fraction of sp³-hybridized carbons (Fsp3) is 0.133. The summed E-state index contributed by atoms with van der Waals surface area (Å²) in [6.07, 6.45) is 1.72. The van der Waals surface area contributed by atoms with Crippen molar-refractivity contribution in [2.24, 2.45) is 0 Å². The molecule has 5 rings (SSSR count). The zero-order chi connectivity index (χ0) is 26.5. The van der Waals surface area contributed by atoms with Crippen LogP contribution < -0.4 is 9.47 Å². The van der Waals surface area contributed by atoms with Crippen LogP contribution in [0.15, 0.2) is 94.7 Å². The standard InChI is InChI=1S/C30H24INO4S2/c1-35-26-17-21(18-28-29(33)32(30(34)38-28)19-20-9-12-23(31)13-10-20)11-14-25(26)36-15-16-37-27-8-4-6-22-5-2-3-7-24(22)27/h2-14,17-18H,15-16,19H2,1H3/b28-18-. The molecule has 1 fully saturated rings. The lowest BCUT2D eigenvalue weighted by atomic mass is 10.1. The number of thioether (sulfide) groups is 2. The van der Waals surface area contributed by atoms with E-state index >= 15 is 0 Å². The van der Waals surface area contributed by atoms with E-state index < -0.39 is 0 Å². The van der Waals surface area contributed by atoms with Gasteiger partial charge in [-0.3, -0.25) is 14.5 Å². The Hall–Kier alpha value is -2.95. The van der Waals surface area contributed by atoms with Crippen LogP contribution in [0.2, 0.25) is 0 Å². The molecule has 0 aromatic heterocycles. The molecular weight excluding hydrogens is 629 g/mol. The van der Waals surface area contributed by atoms with E-state index in [1.165, 1.54) is 20.6 Å². The maximum Gasteiger partial charge on any atom is 0.293 e. The highest BCUT2D eigenvalue weighted by Crippen LogP contribution is 2.35. The number of rotatable bonds is 9. The van der Waals surface area contributed by atoms with Crippen LogP contribution in [0.4, 0.5) is 4.79 Å². The summed E-state index contributed by atoms with van der Waals surface area (Å²) in [7, 11) is 1.59. The molecular formula is C30H24INO4S2. The van der Waals surface area contributed by atoms with E-state index in [1.807, 2.05) is 48.5 Å². The molecule has 5 nitrogen and oxygen atoms in total. The molecule has 0 spiro atoms. The monoisotopic (exact) mass is 653 g/mol. The van der Waals surface area contributed by atoms with E-state index in [-0.39, 0.29) is 17.7 Å². The third kappa shape index (κ3) is 6.19. The van der Waals surface area contributed by atoms with E-state index in [2.05, 4.69) is 59.0 Å². The van der Waals surface area contributed by atoms with Crippen molar-refractivity contribution in [1.82, 2.24) is 4.90 Å². The van der Waals surface area contributed by atoms with Gasteiger partial charge in [0.1, 0.15) is 0 Å². The summed E-state index contributed by atoms with van der Waals surface area (Å²) in [5.41, 5.74) is 1.68. The molecule has 0 atom stereocenters. The highest BCUT2D eigenvalue weighted by molar-refractivity contribution is 14.1. The third-order valence-corrected chi connectivity index (χ3v) is 8.63. The van der Waals surface area contributed by atoms with Crippen LogP contribution in [0.1, 0.15) is 11.1 Å². The molecule has 4 aromatic rings. The number of halogens is 1. The Morgan fingerprint density at radius 2 is 1.74 bits per heavy atom.